The van der Waals surface area contributed by atoms with Gasteiger partial charge in [-0.3, -0.25) is 14.4 Å². The van der Waals surface area contributed by atoms with Gasteiger partial charge >= 0.3 is 0 Å². The van der Waals surface area contributed by atoms with Gasteiger partial charge in [0.15, 0.2) is 0 Å². The molecule has 0 radical (unpaired) electrons. The summed E-state index contributed by atoms with van der Waals surface area (Å²) in [5.41, 5.74) is 3.03. The Morgan fingerprint density at radius 1 is 1.28 bits per heavy atom. The van der Waals surface area contributed by atoms with Gasteiger partial charge in [-0.2, -0.15) is 5.10 Å². The minimum absolute atomic E-state index is 0.0661. The van der Waals surface area contributed by atoms with Gasteiger partial charge in [0.2, 0.25) is 5.91 Å². The normalized spacial score (nSPS) is 22.9. The van der Waals surface area contributed by atoms with Gasteiger partial charge in [-0.25, -0.2) is 0 Å². The van der Waals surface area contributed by atoms with Gasteiger partial charge in [0.1, 0.15) is 0 Å². The van der Waals surface area contributed by atoms with Gasteiger partial charge in [0.05, 0.1) is 31.9 Å². The van der Waals surface area contributed by atoms with E-state index in [0.717, 1.165) is 62.9 Å². The van der Waals surface area contributed by atoms with Crippen molar-refractivity contribution in [3.8, 4) is 0 Å². The molecule has 2 atom stereocenters. The molecule has 1 aromatic rings. The average molecular weight is 350 g/mol. The van der Waals surface area contributed by atoms with Crippen molar-refractivity contribution in [3.63, 3.8) is 0 Å². The number of morpholine rings is 1. The van der Waals surface area contributed by atoms with Crippen LogP contribution in [0.4, 0.5) is 0 Å². The number of aromatic nitrogens is 2. The number of carbonyl (C=O) groups excluding carboxylic acids is 1. The molecule has 2 aliphatic heterocycles. The largest absolute Gasteiger partial charge is 0.381 e. The molecule has 3 heterocycles. The molecule has 25 heavy (non-hydrogen) atoms. The lowest BCUT2D eigenvalue weighted by Crippen LogP contribution is -2.52. The highest BCUT2D eigenvalue weighted by Crippen LogP contribution is 2.22. The zero-order valence-electron chi connectivity index (χ0n) is 15.6. The van der Waals surface area contributed by atoms with Gasteiger partial charge in [0.25, 0.3) is 0 Å². The fourth-order valence-electron chi connectivity index (χ4n) is 3.87. The van der Waals surface area contributed by atoms with Crippen LogP contribution in [-0.4, -0.2) is 72.7 Å². The molecule has 7 heteroatoms. The van der Waals surface area contributed by atoms with Crippen LogP contribution in [0.2, 0.25) is 0 Å². The fourth-order valence-corrected chi connectivity index (χ4v) is 3.87. The number of aryl methyl sites for hydroxylation is 2. The summed E-state index contributed by atoms with van der Waals surface area (Å²) in [6.07, 6.45) is 1.46. The van der Waals surface area contributed by atoms with E-state index in [2.05, 4.69) is 15.3 Å². The van der Waals surface area contributed by atoms with Gasteiger partial charge in [-0.05, 0) is 20.3 Å². The van der Waals surface area contributed by atoms with Crippen molar-refractivity contribution in [1.29, 1.82) is 0 Å². The second kappa shape index (κ2) is 8.29. The smallest absolute Gasteiger partial charge is 0.224 e. The number of nitrogens with one attached hydrogen (secondary N) is 1. The van der Waals surface area contributed by atoms with E-state index in [0.29, 0.717) is 24.9 Å². The number of amides is 1. The monoisotopic (exact) mass is 350 g/mol. The Morgan fingerprint density at radius 3 is 2.64 bits per heavy atom. The maximum absolute atomic E-state index is 12.5. The zero-order valence-corrected chi connectivity index (χ0v) is 15.6. The standard InChI is InChI=1S/C18H30N4O3/c1-13-16(14(2)21(3)20-13)10-18(23)19-11-17(15-4-7-25-12-15)22-5-8-24-9-6-22/h15,17H,4-12H2,1-3H3,(H,19,23)/t15-,17+/m0/s1. The number of hydrogen-bond donors (Lipinski definition) is 1. The molecule has 1 amide bonds. The van der Waals surface area contributed by atoms with E-state index < -0.39 is 0 Å². The van der Waals surface area contributed by atoms with E-state index in [1.54, 1.807) is 0 Å². The van der Waals surface area contributed by atoms with E-state index in [9.17, 15) is 4.79 Å². The van der Waals surface area contributed by atoms with Crippen LogP contribution in [-0.2, 0) is 27.7 Å². The second-order valence-electron chi connectivity index (χ2n) is 7.09. The molecular formula is C18H30N4O3. The number of hydrogen-bond acceptors (Lipinski definition) is 5. The summed E-state index contributed by atoms with van der Waals surface area (Å²) in [6, 6.07) is 0.325. The van der Waals surface area contributed by atoms with Crippen LogP contribution in [0.25, 0.3) is 0 Å². The molecule has 1 aromatic heterocycles. The summed E-state index contributed by atoms with van der Waals surface area (Å²) in [5, 5.41) is 7.55. The molecule has 0 aromatic carbocycles. The number of nitrogens with zero attached hydrogens (tertiary/aromatic N) is 3. The Morgan fingerprint density at radius 2 is 2.04 bits per heavy atom. The van der Waals surface area contributed by atoms with Crippen LogP contribution >= 0.6 is 0 Å². The lowest BCUT2D eigenvalue weighted by Gasteiger charge is -2.37. The summed E-state index contributed by atoms with van der Waals surface area (Å²) in [5.74, 6) is 0.552. The summed E-state index contributed by atoms with van der Waals surface area (Å²) in [7, 11) is 1.91. The van der Waals surface area contributed by atoms with Crippen molar-refractivity contribution in [2.45, 2.75) is 32.7 Å². The fraction of sp³-hybridized carbons (Fsp3) is 0.778. The third-order valence-corrected chi connectivity index (χ3v) is 5.53. The first-order valence-corrected chi connectivity index (χ1v) is 9.21. The van der Waals surface area contributed by atoms with Gasteiger partial charge in [-0.1, -0.05) is 0 Å². The van der Waals surface area contributed by atoms with Crippen LogP contribution in [0.5, 0.6) is 0 Å². The van der Waals surface area contributed by atoms with Crippen molar-refractivity contribution in [1.82, 2.24) is 20.0 Å². The lowest BCUT2D eigenvalue weighted by molar-refractivity contribution is -0.121. The Kier molecular flexibility index (Phi) is 6.09. The van der Waals surface area contributed by atoms with Crippen molar-refractivity contribution in [2.75, 3.05) is 46.1 Å². The Bertz CT molecular complexity index is 589. The van der Waals surface area contributed by atoms with Crippen molar-refractivity contribution < 1.29 is 14.3 Å². The first-order chi connectivity index (χ1) is 12.1. The van der Waals surface area contributed by atoms with E-state index >= 15 is 0 Å². The molecule has 140 valence electrons. The van der Waals surface area contributed by atoms with E-state index in [1.165, 1.54) is 0 Å². The molecule has 0 bridgehead atoms. The maximum Gasteiger partial charge on any atom is 0.224 e. The zero-order chi connectivity index (χ0) is 17.8. The first kappa shape index (κ1) is 18.4. The highest BCUT2D eigenvalue weighted by molar-refractivity contribution is 5.79. The van der Waals surface area contributed by atoms with Crippen molar-refractivity contribution in [2.24, 2.45) is 13.0 Å². The summed E-state index contributed by atoms with van der Waals surface area (Å²) >= 11 is 0. The number of carbonyl (C=O) groups is 1. The topological polar surface area (TPSA) is 68.6 Å². The van der Waals surface area contributed by atoms with Crippen molar-refractivity contribution in [3.05, 3.63) is 17.0 Å². The quantitative estimate of drug-likeness (QED) is 0.806. The Hall–Kier alpha value is -1.44. The van der Waals surface area contributed by atoms with Crippen LogP contribution in [0.3, 0.4) is 0 Å². The number of rotatable bonds is 6. The molecule has 2 fully saturated rings. The van der Waals surface area contributed by atoms with E-state index in [1.807, 2.05) is 25.6 Å². The van der Waals surface area contributed by atoms with Gasteiger partial charge < -0.3 is 14.8 Å². The molecule has 0 aliphatic carbocycles. The third kappa shape index (κ3) is 4.40. The molecular weight excluding hydrogens is 320 g/mol. The summed E-state index contributed by atoms with van der Waals surface area (Å²) < 4.78 is 12.9. The van der Waals surface area contributed by atoms with Crippen LogP contribution in [0.1, 0.15) is 23.4 Å². The lowest BCUT2D eigenvalue weighted by atomic mass is 9.96. The minimum Gasteiger partial charge on any atom is -0.381 e. The van der Waals surface area contributed by atoms with E-state index in [-0.39, 0.29) is 5.91 Å². The highest BCUT2D eigenvalue weighted by Gasteiger charge is 2.31. The maximum atomic E-state index is 12.5. The molecule has 0 spiro atoms. The van der Waals surface area contributed by atoms with Crippen LogP contribution in [0, 0.1) is 19.8 Å². The van der Waals surface area contributed by atoms with Gasteiger partial charge in [0, 0.05) is 56.5 Å². The molecule has 2 aliphatic rings. The summed E-state index contributed by atoms with van der Waals surface area (Å²) in [4.78, 5) is 15.0. The second-order valence-corrected chi connectivity index (χ2v) is 7.09. The molecule has 0 saturated carbocycles. The van der Waals surface area contributed by atoms with Crippen LogP contribution < -0.4 is 5.32 Å². The molecule has 2 saturated heterocycles. The molecule has 7 nitrogen and oxygen atoms in total. The Balaban J connectivity index is 1.58. The van der Waals surface area contributed by atoms with Crippen molar-refractivity contribution >= 4 is 5.91 Å². The van der Waals surface area contributed by atoms with Crippen LogP contribution in [0.15, 0.2) is 0 Å². The Labute approximate surface area is 149 Å². The molecule has 3 rings (SSSR count). The third-order valence-electron chi connectivity index (χ3n) is 5.53. The van der Waals surface area contributed by atoms with E-state index in [4.69, 9.17) is 9.47 Å². The summed E-state index contributed by atoms with van der Waals surface area (Å²) in [6.45, 7) is 9.66. The highest BCUT2D eigenvalue weighted by atomic mass is 16.5. The SMILES string of the molecule is Cc1nn(C)c(C)c1CC(=O)NC[C@H]([C@H]1CCOC1)N1CCOCC1. The minimum atomic E-state index is 0.0661. The van der Waals surface area contributed by atoms with Gasteiger partial charge in [-0.15, -0.1) is 0 Å². The number of ether oxygens (including phenoxy) is 2. The predicted molar refractivity (Wildman–Crippen MR) is 94.5 cm³/mol. The average Bonchev–Trinajstić information content (AvgIpc) is 3.21. The predicted octanol–water partition coefficient (Wildman–Crippen LogP) is 0.433. The first-order valence-electron chi connectivity index (χ1n) is 9.21. The molecule has 0 unspecified atom stereocenters. The molecule has 1 N–H and O–H groups in total.